The second-order valence-electron chi connectivity index (χ2n) is 16.2. The lowest BCUT2D eigenvalue weighted by atomic mass is 9.86. The van der Waals surface area contributed by atoms with Gasteiger partial charge in [0.05, 0.1) is 36.8 Å². The highest BCUT2D eigenvalue weighted by Crippen LogP contribution is 2.45. The molecule has 1 aliphatic carbocycles. The maximum absolute atomic E-state index is 13.7. The fourth-order valence-corrected chi connectivity index (χ4v) is 8.37. The number of H-pyrrole nitrogens is 2. The Hall–Kier alpha value is -5.33. The summed E-state index contributed by atoms with van der Waals surface area (Å²) in [6.45, 7) is 11.2. The number of hydrogen-bond donors (Lipinski definition) is 3. The number of alkyl carbamates (subject to hydrolysis) is 1. The van der Waals surface area contributed by atoms with Crippen LogP contribution >= 0.6 is 0 Å². The molecule has 3 N–H and O–H groups in total. The summed E-state index contributed by atoms with van der Waals surface area (Å²) in [6, 6.07) is 9.77. The van der Waals surface area contributed by atoms with Gasteiger partial charge in [0.1, 0.15) is 35.6 Å². The molecule has 0 unspecified atom stereocenters. The normalized spacial score (nSPS) is 19.4. The monoisotopic (exact) mass is 735 g/mol. The summed E-state index contributed by atoms with van der Waals surface area (Å²) in [5, 5.41) is 2.73. The van der Waals surface area contributed by atoms with E-state index in [1.807, 2.05) is 45.7 Å². The van der Waals surface area contributed by atoms with Crippen molar-refractivity contribution in [3.63, 3.8) is 0 Å². The number of ether oxygens (including phenoxy) is 3. The van der Waals surface area contributed by atoms with Crippen molar-refractivity contribution in [2.45, 2.75) is 103 Å². The van der Waals surface area contributed by atoms with Gasteiger partial charge >= 0.3 is 12.2 Å². The SMILES string of the molecule is COC(=O)N[C@H](C(=O)N1CCC[C@H]1c1nc2c([nH]1)CCc1cc3c(cc1-2)OCc1cc(-c2cnc([C@H]4CCCN4C(=O)OC(C)(C)C)[nH]2)ccc1-3)C(C)C. The molecule has 8 rings (SSSR count). The average molecular weight is 736 g/mol. The number of benzene rings is 2. The highest BCUT2D eigenvalue weighted by Gasteiger charge is 2.39. The van der Waals surface area contributed by atoms with Gasteiger partial charge in [-0.15, -0.1) is 0 Å². The van der Waals surface area contributed by atoms with Gasteiger partial charge in [0.25, 0.3) is 0 Å². The molecule has 5 heterocycles. The predicted molar refractivity (Wildman–Crippen MR) is 202 cm³/mol. The van der Waals surface area contributed by atoms with Crippen LogP contribution in [0.5, 0.6) is 5.75 Å². The molecule has 4 aromatic rings. The van der Waals surface area contributed by atoms with Crippen LogP contribution in [0.4, 0.5) is 9.59 Å². The van der Waals surface area contributed by atoms with E-state index in [0.29, 0.717) is 19.7 Å². The summed E-state index contributed by atoms with van der Waals surface area (Å²) < 4.78 is 16.9. The van der Waals surface area contributed by atoms with Gasteiger partial charge in [0.15, 0.2) is 0 Å². The molecule has 0 radical (unpaired) electrons. The lowest BCUT2D eigenvalue weighted by Crippen LogP contribution is -2.51. The molecule has 4 aliphatic rings. The second-order valence-corrected chi connectivity index (χ2v) is 16.2. The summed E-state index contributed by atoms with van der Waals surface area (Å²) >= 11 is 0. The first-order valence-corrected chi connectivity index (χ1v) is 19.1. The van der Waals surface area contributed by atoms with Crippen LogP contribution in [0.1, 0.15) is 101 Å². The third-order valence-electron chi connectivity index (χ3n) is 11.0. The van der Waals surface area contributed by atoms with Crippen LogP contribution < -0.4 is 10.1 Å². The topological polar surface area (TPSA) is 155 Å². The molecular formula is C41H49N7O6. The number of likely N-dealkylation sites (tertiary alicyclic amines) is 2. The zero-order valence-electron chi connectivity index (χ0n) is 31.9. The van der Waals surface area contributed by atoms with Crippen molar-refractivity contribution in [1.29, 1.82) is 0 Å². The predicted octanol–water partition coefficient (Wildman–Crippen LogP) is 7.24. The molecule has 2 saturated heterocycles. The molecule has 2 aromatic heterocycles. The number of carbonyl (C=O) groups excluding carboxylic acids is 3. The zero-order chi connectivity index (χ0) is 37.9. The second kappa shape index (κ2) is 13.8. The number of methoxy groups -OCH3 is 1. The fraction of sp³-hybridized carbons (Fsp3) is 0.488. The summed E-state index contributed by atoms with van der Waals surface area (Å²) in [4.78, 5) is 59.2. The van der Waals surface area contributed by atoms with Crippen molar-refractivity contribution >= 4 is 18.1 Å². The van der Waals surface area contributed by atoms with Crippen molar-refractivity contribution in [3.8, 4) is 39.4 Å². The number of aromatic amines is 2. The first-order chi connectivity index (χ1) is 25.9. The van der Waals surface area contributed by atoms with Gasteiger partial charge < -0.3 is 34.4 Å². The van der Waals surface area contributed by atoms with Crippen molar-refractivity contribution in [2.24, 2.45) is 5.92 Å². The van der Waals surface area contributed by atoms with E-state index in [1.165, 1.54) is 12.7 Å². The average Bonchev–Trinajstić information content (AvgIpc) is 3.97. The standard InChI is InChI=1S/C41H49N7O6/c1-22(2)34(46-39(50)52-6)38(49)47-15-7-10-32(47)37-43-29-14-12-23-18-28-26-13-11-24(17-25(26)21-53-33(28)19-27(23)35(29)45-37)30-20-42-36(44-30)31-9-8-16-48(31)40(51)54-41(3,4)5/h11,13,17-20,22,31-32,34H,7-10,12,14-16,21H2,1-6H3,(H,42,44)(H,43,45)(H,46,50)/t31-,32+,34+/m1/s1. The quantitative estimate of drug-likeness (QED) is 0.187. The van der Waals surface area contributed by atoms with Crippen molar-refractivity contribution < 1.29 is 28.6 Å². The number of carbonyl (C=O) groups is 3. The van der Waals surface area contributed by atoms with E-state index in [-0.39, 0.29) is 30.0 Å². The number of hydrogen-bond acceptors (Lipinski definition) is 8. The minimum Gasteiger partial charge on any atom is -0.488 e. The fourth-order valence-electron chi connectivity index (χ4n) is 8.37. The Balaban J connectivity index is 1.02. The highest BCUT2D eigenvalue weighted by molar-refractivity contribution is 5.87. The highest BCUT2D eigenvalue weighted by atomic mass is 16.6. The Morgan fingerprint density at radius 2 is 1.69 bits per heavy atom. The number of imidazole rings is 2. The van der Waals surface area contributed by atoms with E-state index >= 15 is 0 Å². The first kappa shape index (κ1) is 35.7. The van der Waals surface area contributed by atoms with Crippen LogP contribution in [0, 0.1) is 5.92 Å². The Bertz CT molecular complexity index is 2110. The summed E-state index contributed by atoms with van der Waals surface area (Å²) in [7, 11) is 1.30. The molecule has 3 aliphatic heterocycles. The Morgan fingerprint density at radius 1 is 0.926 bits per heavy atom. The molecule has 54 heavy (non-hydrogen) atoms. The molecule has 284 valence electrons. The summed E-state index contributed by atoms with van der Waals surface area (Å²) in [6.07, 6.45) is 5.98. The van der Waals surface area contributed by atoms with E-state index in [0.717, 1.165) is 101 Å². The zero-order valence-corrected chi connectivity index (χ0v) is 31.9. The van der Waals surface area contributed by atoms with Crippen molar-refractivity contribution in [1.82, 2.24) is 35.1 Å². The maximum atomic E-state index is 13.7. The largest absolute Gasteiger partial charge is 0.488 e. The van der Waals surface area contributed by atoms with Gasteiger partial charge in [0, 0.05) is 29.9 Å². The number of fused-ring (bicyclic) bond motifs is 6. The number of nitrogens with one attached hydrogen (secondary N) is 3. The molecule has 0 spiro atoms. The Kier molecular flexibility index (Phi) is 9.13. The molecule has 0 bridgehead atoms. The van der Waals surface area contributed by atoms with Gasteiger partial charge in [-0.3, -0.25) is 9.69 Å². The van der Waals surface area contributed by atoms with Gasteiger partial charge in [-0.25, -0.2) is 19.6 Å². The molecule has 13 heteroatoms. The van der Waals surface area contributed by atoms with Crippen molar-refractivity contribution in [2.75, 3.05) is 20.2 Å². The number of amides is 3. The lowest BCUT2D eigenvalue weighted by molar-refractivity contribution is -0.135. The van der Waals surface area contributed by atoms with Gasteiger partial charge in [0.2, 0.25) is 5.91 Å². The van der Waals surface area contributed by atoms with Crippen LogP contribution in [0.3, 0.4) is 0 Å². The van der Waals surface area contributed by atoms with Crippen LogP contribution in [-0.4, -0.2) is 79.7 Å². The number of aromatic nitrogens is 4. The van der Waals surface area contributed by atoms with E-state index in [9.17, 15) is 14.4 Å². The van der Waals surface area contributed by atoms with E-state index in [4.69, 9.17) is 24.2 Å². The number of rotatable bonds is 6. The Morgan fingerprint density at radius 3 is 2.43 bits per heavy atom. The van der Waals surface area contributed by atoms with E-state index in [2.05, 4.69) is 45.6 Å². The smallest absolute Gasteiger partial charge is 0.410 e. The Labute approximate surface area is 315 Å². The molecule has 3 atom stereocenters. The molecular weight excluding hydrogens is 686 g/mol. The van der Waals surface area contributed by atoms with Crippen LogP contribution in [0.15, 0.2) is 36.5 Å². The summed E-state index contributed by atoms with van der Waals surface area (Å²) in [5.74, 6) is 2.15. The third-order valence-corrected chi connectivity index (χ3v) is 11.0. The summed E-state index contributed by atoms with van der Waals surface area (Å²) in [5.41, 5.74) is 8.89. The molecule has 3 amide bonds. The molecule has 13 nitrogen and oxygen atoms in total. The van der Waals surface area contributed by atoms with E-state index in [1.54, 1.807) is 4.90 Å². The maximum Gasteiger partial charge on any atom is 0.410 e. The number of nitrogens with zero attached hydrogens (tertiary/aromatic N) is 4. The van der Waals surface area contributed by atoms with Crippen molar-refractivity contribution in [3.05, 3.63) is 65.0 Å². The third kappa shape index (κ3) is 6.58. The first-order valence-electron chi connectivity index (χ1n) is 19.1. The molecule has 2 aromatic carbocycles. The molecule has 2 fully saturated rings. The van der Waals surface area contributed by atoms with Crippen LogP contribution in [0.25, 0.3) is 33.6 Å². The van der Waals surface area contributed by atoms with E-state index < -0.39 is 17.7 Å². The van der Waals surface area contributed by atoms with Crippen LogP contribution in [-0.2, 0) is 33.7 Å². The van der Waals surface area contributed by atoms with Crippen LogP contribution in [0.2, 0.25) is 0 Å². The lowest BCUT2D eigenvalue weighted by Gasteiger charge is -2.30. The minimum absolute atomic E-state index is 0.101. The van der Waals surface area contributed by atoms with Gasteiger partial charge in [-0.1, -0.05) is 26.0 Å². The van der Waals surface area contributed by atoms with Gasteiger partial charge in [-0.2, -0.15) is 0 Å². The number of aryl methyl sites for hydroxylation is 2. The molecule has 0 saturated carbocycles. The van der Waals surface area contributed by atoms with Gasteiger partial charge in [-0.05, 0) is 106 Å². The minimum atomic E-state index is -0.684.